The summed E-state index contributed by atoms with van der Waals surface area (Å²) in [4.78, 5) is 8.56. The molecule has 0 radical (unpaired) electrons. The van der Waals surface area contributed by atoms with Crippen LogP contribution in [0.1, 0.15) is 44.9 Å². The summed E-state index contributed by atoms with van der Waals surface area (Å²) in [6.07, 6.45) is 13.0. The average Bonchev–Trinajstić information content (AvgIpc) is 3.08. The first-order valence-corrected chi connectivity index (χ1v) is 8.49. The molecule has 0 saturated carbocycles. The van der Waals surface area contributed by atoms with Crippen LogP contribution in [0.4, 0.5) is 11.6 Å². The summed E-state index contributed by atoms with van der Waals surface area (Å²) < 4.78 is 5.61. The lowest BCUT2D eigenvalue weighted by atomic mass is 9.97. The number of rotatable bonds is 7. The third kappa shape index (κ3) is 4.70. The Hall–Kier alpha value is -1.62. The van der Waals surface area contributed by atoms with Crippen molar-refractivity contribution in [3.8, 4) is 0 Å². The van der Waals surface area contributed by atoms with Crippen molar-refractivity contribution in [3.63, 3.8) is 0 Å². The topological polar surface area (TPSA) is 59.1 Å². The monoisotopic (exact) mass is 302 g/mol. The molecule has 0 aromatic carbocycles. The van der Waals surface area contributed by atoms with Gasteiger partial charge in [-0.15, -0.1) is 0 Å². The molecule has 1 fully saturated rings. The third-order valence-corrected chi connectivity index (χ3v) is 4.34. The van der Waals surface area contributed by atoms with Crippen LogP contribution in [0, 0.1) is 0 Å². The van der Waals surface area contributed by atoms with Gasteiger partial charge in [-0.1, -0.05) is 11.6 Å². The van der Waals surface area contributed by atoms with Gasteiger partial charge in [-0.2, -0.15) is 0 Å². The molecular weight excluding hydrogens is 276 g/mol. The molecule has 0 amide bonds. The fourth-order valence-corrected chi connectivity index (χ4v) is 3.06. The largest absolute Gasteiger partial charge is 0.376 e. The van der Waals surface area contributed by atoms with Crippen molar-refractivity contribution in [2.75, 3.05) is 30.3 Å². The lowest BCUT2D eigenvalue weighted by molar-refractivity contribution is 0.120. The van der Waals surface area contributed by atoms with Crippen molar-refractivity contribution in [3.05, 3.63) is 24.0 Å². The Morgan fingerprint density at radius 2 is 2.05 bits per heavy atom. The van der Waals surface area contributed by atoms with E-state index >= 15 is 0 Å². The van der Waals surface area contributed by atoms with E-state index in [1.54, 1.807) is 11.9 Å². The van der Waals surface area contributed by atoms with Gasteiger partial charge < -0.3 is 15.4 Å². The molecular formula is C17H26N4O. The van der Waals surface area contributed by atoms with E-state index in [1.165, 1.54) is 32.1 Å². The molecule has 1 unspecified atom stereocenters. The summed E-state index contributed by atoms with van der Waals surface area (Å²) >= 11 is 0. The molecule has 1 aliphatic heterocycles. The Balaban J connectivity index is 1.42. The van der Waals surface area contributed by atoms with Gasteiger partial charge in [-0.25, -0.2) is 9.97 Å². The second kappa shape index (κ2) is 8.13. The van der Waals surface area contributed by atoms with Crippen LogP contribution in [0.15, 0.2) is 24.0 Å². The molecule has 5 heteroatoms. The maximum Gasteiger partial charge on any atom is 0.131 e. The summed E-state index contributed by atoms with van der Waals surface area (Å²) in [5, 5.41) is 6.74. The smallest absolute Gasteiger partial charge is 0.131 e. The predicted molar refractivity (Wildman–Crippen MR) is 89.2 cm³/mol. The number of aromatic nitrogens is 2. The minimum atomic E-state index is 0.324. The van der Waals surface area contributed by atoms with Crippen LogP contribution < -0.4 is 10.6 Å². The van der Waals surface area contributed by atoms with Gasteiger partial charge in [0, 0.05) is 25.8 Å². The summed E-state index contributed by atoms with van der Waals surface area (Å²) in [6, 6.07) is 1.98. The lowest BCUT2D eigenvalue weighted by Gasteiger charge is -2.14. The van der Waals surface area contributed by atoms with Gasteiger partial charge in [0.25, 0.3) is 0 Å². The standard InChI is InChI=1S/C17H26N4O/c1-2-5-14(6-3-1)8-9-18-16-11-17(21-13-20-16)19-12-15-7-4-10-22-15/h5,11,13,15H,1-4,6-10,12H2,(H2,18,19,20,21). The van der Waals surface area contributed by atoms with Gasteiger partial charge >= 0.3 is 0 Å². The first kappa shape index (κ1) is 15.3. The number of anilines is 2. The molecule has 1 aromatic rings. The van der Waals surface area contributed by atoms with Crippen LogP contribution in [0.5, 0.6) is 0 Å². The minimum absolute atomic E-state index is 0.324. The van der Waals surface area contributed by atoms with Gasteiger partial charge in [-0.05, 0) is 44.9 Å². The number of hydrogen-bond acceptors (Lipinski definition) is 5. The molecule has 2 N–H and O–H groups in total. The molecule has 2 aliphatic rings. The van der Waals surface area contributed by atoms with E-state index in [2.05, 4.69) is 26.7 Å². The van der Waals surface area contributed by atoms with Crippen LogP contribution in [0.2, 0.25) is 0 Å². The zero-order valence-electron chi connectivity index (χ0n) is 13.2. The maximum absolute atomic E-state index is 5.61. The quantitative estimate of drug-likeness (QED) is 0.756. The molecule has 1 saturated heterocycles. The number of nitrogens with zero attached hydrogens (tertiary/aromatic N) is 2. The Morgan fingerprint density at radius 3 is 2.82 bits per heavy atom. The van der Waals surface area contributed by atoms with Crippen molar-refractivity contribution in [1.29, 1.82) is 0 Å². The molecule has 1 atom stereocenters. The first-order chi connectivity index (χ1) is 10.9. The second-order valence-electron chi connectivity index (χ2n) is 6.09. The summed E-state index contributed by atoms with van der Waals surface area (Å²) in [7, 11) is 0. The zero-order valence-corrected chi connectivity index (χ0v) is 13.2. The van der Waals surface area contributed by atoms with Gasteiger partial charge in [0.2, 0.25) is 0 Å². The third-order valence-electron chi connectivity index (χ3n) is 4.34. The van der Waals surface area contributed by atoms with Gasteiger partial charge in [-0.3, -0.25) is 0 Å². The highest BCUT2D eigenvalue weighted by molar-refractivity contribution is 5.46. The van der Waals surface area contributed by atoms with Crippen LogP contribution in [-0.4, -0.2) is 35.8 Å². The van der Waals surface area contributed by atoms with Crippen molar-refractivity contribution < 1.29 is 4.74 Å². The Morgan fingerprint density at radius 1 is 1.14 bits per heavy atom. The van der Waals surface area contributed by atoms with Crippen molar-refractivity contribution in [2.24, 2.45) is 0 Å². The van der Waals surface area contributed by atoms with Crippen molar-refractivity contribution in [1.82, 2.24) is 9.97 Å². The van der Waals surface area contributed by atoms with Crippen molar-refractivity contribution in [2.45, 2.75) is 51.0 Å². The molecule has 1 aliphatic carbocycles. The van der Waals surface area contributed by atoms with Crippen LogP contribution in [-0.2, 0) is 4.74 Å². The van der Waals surface area contributed by atoms with E-state index in [4.69, 9.17) is 4.74 Å². The Labute approximate surface area is 132 Å². The molecule has 5 nitrogen and oxygen atoms in total. The van der Waals surface area contributed by atoms with Crippen LogP contribution >= 0.6 is 0 Å². The molecule has 1 aromatic heterocycles. The highest BCUT2D eigenvalue weighted by Gasteiger charge is 2.15. The minimum Gasteiger partial charge on any atom is -0.376 e. The number of nitrogens with one attached hydrogen (secondary N) is 2. The molecule has 120 valence electrons. The van der Waals surface area contributed by atoms with E-state index in [0.29, 0.717) is 6.10 Å². The van der Waals surface area contributed by atoms with E-state index < -0.39 is 0 Å². The number of allylic oxidation sites excluding steroid dienone is 1. The van der Waals surface area contributed by atoms with Gasteiger partial charge in [0.05, 0.1) is 6.10 Å². The second-order valence-corrected chi connectivity index (χ2v) is 6.09. The Kier molecular flexibility index (Phi) is 5.65. The number of ether oxygens (including phenoxy) is 1. The first-order valence-electron chi connectivity index (χ1n) is 8.49. The van der Waals surface area contributed by atoms with Crippen LogP contribution in [0.3, 0.4) is 0 Å². The highest BCUT2D eigenvalue weighted by atomic mass is 16.5. The molecule has 2 heterocycles. The fraction of sp³-hybridized carbons (Fsp3) is 0.647. The fourth-order valence-electron chi connectivity index (χ4n) is 3.06. The number of hydrogen-bond donors (Lipinski definition) is 2. The maximum atomic E-state index is 5.61. The molecule has 0 bridgehead atoms. The van der Waals surface area contributed by atoms with E-state index in [-0.39, 0.29) is 0 Å². The SMILES string of the molecule is C1=C(CCNc2cc(NCC3CCCO3)ncn2)CCCC1. The van der Waals surface area contributed by atoms with E-state index in [1.807, 2.05) is 6.07 Å². The summed E-state index contributed by atoms with van der Waals surface area (Å²) in [5.41, 5.74) is 1.59. The molecule has 22 heavy (non-hydrogen) atoms. The zero-order chi connectivity index (χ0) is 15.0. The van der Waals surface area contributed by atoms with Crippen LogP contribution in [0.25, 0.3) is 0 Å². The van der Waals surface area contributed by atoms with Crippen molar-refractivity contribution >= 4 is 11.6 Å². The normalized spacial score (nSPS) is 21.5. The van der Waals surface area contributed by atoms with E-state index in [9.17, 15) is 0 Å². The van der Waals surface area contributed by atoms with E-state index in [0.717, 1.165) is 44.2 Å². The molecule has 3 rings (SSSR count). The lowest BCUT2D eigenvalue weighted by Crippen LogP contribution is -2.19. The highest BCUT2D eigenvalue weighted by Crippen LogP contribution is 2.20. The summed E-state index contributed by atoms with van der Waals surface area (Å²) in [5.74, 6) is 1.76. The predicted octanol–water partition coefficient (Wildman–Crippen LogP) is 3.37. The van der Waals surface area contributed by atoms with Gasteiger partial charge in [0.1, 0.15) is 18.0 Å². The molecule has 0 spiro atoms. The summed E-state index contributed by atoms with van der Waals surface area (Å²) in [6.45, 7) is 2.65. The average molecular weight is 302 g/mol. The van der Waals surface area contributed by atoms with Gasteiger partial charge in [0.15, 0.2) is 0 Å². The Bertz CT molecular complexity index is 497.